The van der Waals surface area contributed by atoms with Gasteiger partial charge >= 0.3 is 5.97 Å². The average Bonchev–Trinajstić information content (AvgIpc) is 2.94. The van der Waals surface area contributed by atoms with E-state index in [4.69, 9.17) is 4.74 Å². The number of benzene rings is 1. The molecule has 0 aliphatic carbocycles. The summed E-state index contributed by atoms with van der Waals surface area (Å²) in [5, 5.41) is 5.41. The average molecular weight is 364 g/mol. The molecule has 0 unspecified atom stereocenters. The van der Waals surface area contributed by atoms with Crippen molar-refractivity contribution < 1.29 is 14.3 Å². The number of amides is 1. The number of nitrogens with one attached hydrogen (secondary N) is 1. The maximum Gasteiger partial charge on any atom is 0.311 e. The van der Waals surface area contributed by atoms with Crippen molar-refractivity contribution in [3.8, 4) is 0 Å². The Labute approximate surface area is 149 Å². The second-order valence-electron chi connectivity index (χ2n) is 5.24. The first-order valence-corrected chi connectivity index (χ1v) is 9.42. The number of carbonyl (C=O) groups is 2. The van der Waals surface area contributed by atoms with Crippen molar-refractivity contribution in [1.82, 2.24) is 4.98 Å². The maximum atomic E-state index is 12.5. The van der Waals surface area contributed by atoms with Gasteiger partial charge in [0.25, 0.3) is 5.91 Å². The number of thiazole rings is 1. The van der Waals surface area contributed by atoms with Crippen LogP contribution in [0.25, 0.3) is 0 Å². The lowest BCUT2D eigenvalue weighted by molar-refractivity contribution is -0.142. The van der Waals surface area contributed by atoms with Crippen LogP contribution in [0.3, 0.4) is 0 Å². The lowest BCUT2D eigenvalue weighted by atomic mass is 10.2. The Bertz CT molecular complexity index is 713. The molecule has 0 saturated carbocycles. The molecule has 0 aliphatic rings. The quantitative estimate of drug-likeness (QED) is 0.594. The fourth-order valence-electron chi connectivity index (χ4n) is 1.98. The van der Waals surface area contributed by atoms with Crippen LogP contribution < -0.4 is 5.32 Å². The van der Waals surface area contributed by atoms with Gasteiger partial charge in [0.1, 0.15) is 0 Å². The number of ether oxygens (including phenoxy) is 1. The largest absolute Gasteiger partial charge is 0.466 e. The van der Waals surface area contributed by atoms with Crippen molar-refractivity contribution >= 4 is 40.1 Å². The number of hydrogen-bond donors (Lipinski definition) is 1. The minimum absolute atomic E-state index is 0.111. The molecular weight excluding hydrogens is 344 g/mol. The van der Waals surface area contributed by atoms with E-state index >= 15 is 0 Å². The second-order valence-corrected chi connectivity index (χ2v) is 7.72. The van der Waals surface area contributed by atoms with E-state index in [1.165, 1.54) is 11.3 Å². The summed E-state index contributed by atoms with van der Waals surface area (Å²) in [6, 6.07) is 7.50. The zero-order chi connectivity index (χ0) is 17.5. The van der Waals surface area contributed by atoms with Crippen LogP contribution in [0.2, 0.25) is 0 Å². The predicted octanol–water partition coefficient (Wildman–Crippen LogP) is 4.00. The van der Waals surface area contributed by atoms with Gasteiger partial charge in [-0.1, -0.05) is 26.0 Å². The van der Waals surface area contributed by atoms with Crippen molar-refractivity contribution in [3.63, 3.8) is 0 Å². The van der Waals surface area contributed by atoms with E-state index in [2.05, 4.69) is 24.1 Å². The van der Waals surface area contributed by atoms with Gasteiger partial charge in [-0.2, -0.15) is 0 Å². The van der Waals surface area contributed by atoms with Gasteiger partial charge in [0.05, 0.1) is 24.3 Å². The number of anilines is 1. The Balaban J connectivity index is 2.05. The zero-order valence-electron chi connectivity index (χ0n) is 13.9. The highest BCUT2D eigenvalue weighted by molar-refractivity contribution is 8.00. The van der Waals surface area contributed by atoms with E-state index in [0.29, 0.717) is 28.2 Å². The molecule has 1 aromatic heterocycles. The van der Waals surface area contributed by atoms with Crippen molar-refractivity contribution in [2.24, 2.45) is 0 Å². The summed E-state index contributed by atoms with van der Waals surface area (Å²) in [5.41, 5.74) is 1.22. The monoisotopic (exact) mass is 364 g/mol. The van der Waals surface area contributed by atoms with Gasteiger partial charge in [0.2, 0.25) is 0 Å². The standard InChI is InChI=1S/C17H20N2O3S2/c1-4-22-15(20)9-12-10-23-17(18-12)19-16(21)13-7-5-6-8-14(13)24-11(2)3/h5-8,10-11H,4,9H2,1-3H3,(H,18,19,21). The first-order valence-electron chi connectivity index (χ1n) is 7.66. The molecule has 2 aromatic rings. The topological polar surface area (TPSA) is 68.3 Å². The number of aromatic nitrogens is 1. The van der Waals surface area contributed by atoms with Crippen LogP contribution in [0.4, 0.5) is 5.13 Å². The Kier molecular flexibility index (Phi) is 6.81. The minimum Gasteiger partial charge on any atom is -0.466 e. The van der Waals surface area contributed by atoms with E-state index in [1.54, 1.807) is 30.1 Å². The number of hydrogen-bond acceptors (Lipinski definition) is 6. The van der Waals surface area contributed by atoms with Gasteiger partial charge in [-0.25, -0.2) is 4.98 Å². The SMILES string of the molecule is CCOC(=O)Cc1csc(NC(=O)c2ccccc2SC(C)C)n1. The number of nitrogens with zero attached hydrogens (tertiary/aromatic N) is 1. The van der Waals surface area contributed by atoms with E-state index < -0.39 is 0 Å². The Hall–Kier alpha value is -1.86. The molecule has 2 rings (SSSR count). The van der Waals surface area contributed by atoms with Crippen LogP contribution >= 0.6 is 23.1 Å². The third kappa shape index (κ3) is 5.35. The summed E-state index contributed by atoms with van der Waals surface area (Å²) in [5.74, 6) is -0.518. The first kappa shape index (κ1) is 18.5. The van der Waals surface area contributed by atoms with Gasteiger partial charge in [-0.15, -0.1) is 23.1 Å². The molecule has 128 valence electrons. The van der Waals surface area contributed by atoms with E-state index in [1.807, 2.05) is 18.2 Å². The lowest BCUT2D eigenvalue weighted by Gasteiger charge is -2.10. The molecule has 0 fully saturated rings. The molecule has 24 heavy (non-hydrogen) atoms. The van der Waals surface area contributed by atoms with Crippen LogP contribution in [0.1, 0.15) is 36.8 Å². The number of thioether (sulfide) groups is 1. The number of rotatable bonds is 7. The Morgan fingerprint density at radius 3 is 2.79 bits per heavy atom. The molecule has 0 atom stereocenters. The van der Waals surface area contributed by atoms with Crippen LogP contribution in [0.15, 0.2) is 34.5 Å². The number of esters is 1. The molecular formula is C17H20N2O3S2. The normalized spacial score (nSPS) is 10.7. The molecule has 0 bridgehead atoms. The highest BCUT2D eigenvalue weighted by Gasteiger charge is 2.15. The molecule has 1 aromatic carbocycles. The zero-order valence-corrected chi connectivity index (χ0v) is 15.5. The highest BCUT2D eigenvalue weighted by Crippen LogP contribution is 2.27. The minimum atomic E-state index is -0.320. The summed E-state index contributed by atoms with van der Waals surface area (Å²) in [6.45, 7) is 6.28. The number of carbonyl (C=O) groups excluding carboxylic acids is 2. The smallest absolute Gasteiger partial charge is 0.311 e. The predicted molar refractivity (Wildman–Crippen MR) is 97.8 cm³/mol. The maximum absolute atomic E-state index is 12.5. The first-order chi connectivity index (χ1) is 11.5. The summed E-state index contributed by atoms with van der Waals surface area (Å²) >= 11 is 2.94. The molecule has 0 saturated heterocycles. The summed E-state index contributed by atoms with van der Waals surface area (Å²) in [4.78, 5) is 29.2. The molecule has 0 spiro atoms. The molecule has 7 heteroatoms. The van der Waals surface area contributed by atoms with Crippen molar-refractivity contribution in [3.05, 3.63) is 40.9 Å². The summed E-state index contributed by atoms with van der Waals surface area (Å²) in [7, 11) is 0. The van der Waals surface area contributed by atoms with Crippen molar-refractivity contribution in [1.29, 1.82) is 0 Å². The summed E-state index contributed by atoms with van der Waals surface area (Å²) < 4.78 is 4.89. The van der Waals surface area contributed by atoms with Crippen LogP contribution in [0.5, 0.6) is 0 Å². The molecule has 0 radical (unpaired) electrons. The van der Waals surface area contributed by atoms with Gasteiger partial charge in [0.15, 0.2) is 5.13 Å². The summed E-state index contributed by atoms with van der Waals surface area (Å²) in [6.07, 6.45) is 0.111. The van der Waals surface area contributed by atoms with Gasteiger partial charge < -0.3 is 4.74 Å². The third-order valence-electron chi connectivity index (χ3n) is 2.90. The third-order valence-corrected chi connectivity index (χ3v) is 4.79. The van der Waals surface area contributed by atoms with Gasteiger partial charge in [0, 0.05) is 15.5 Å². The highest BCUT2D eigenvalue weighted by atomic mass is 32.2. The molecule has 1 amide bonds. The Morgan fingerprint density at radius 1 is 1.33 bits per heavy atom. The van der Waals surface area contributed by atoms with Crippen molar-refractivity contribution in [2.45, 2.75) is 37.3 Å². The molecule has 1 N–H and O–H groups in total. The second kappa shape index (κ2) is 8.84. The molecule has 5 nitrogen and oxygen atoms in total. The van der Waals surface area contributed by atoms with E-state index in [0.717, 1.165) is 4.90 Å². The van der Waals surface area contributed by atoms with Crippen LogP contribution in [-0.2, 0) is 16.0 Å². The fourth-order valence-corrected chi connectivity index (χ4v) is 3.64. The van der Waals surface area contributed by atoms with Gasteiger partial charge in [-0.3, -0.25) is 14.9 Å². The van der Waals surface area contributed by atoms with Crippen LogP contribution in [-0.4, -0.2) is 28.7 Å². The van der Waals surface area contributed by atoms with E-state index in [-0.39, 0.29) is 18.3 Å². The van der Waals surface area contributed by atoms with E-state index in [9.17, 15) is 9.59 Å². The van der Waals surface area contributed by atoms with Crippen LogP contribution in [0, 0.1) is 0 Å². The Morgan fingerprint density at radius 2 is 2.08 bits per heavy atom. The molecule has 1 heterocycles. The molecule has 0 aliphatic heterocycles. The van der Waals surface area contributed by atoms with Gasteiger partial charge in [-0.05, 0) is 19.1 Å². The van der Waals surface area contributed by atoms with Crippen molar-refractivity contribution in [2.75, 3.05) is 11.9 Å². The lowest BCUT2D eigenvalue weighted by Crippen LogP contribution is -2.13. The fraction of sp³-hybridized carbons (Fsp3) is 0.353.